The fraction of sp³-hybridized carbons (Fsp3) is 0.938. The highest BCUT2D eigenvalue weighted by molar-refractivity contribution is 5.67. The number of carbonyl (C=O) groups excluding carboxylic acids is 1. The van der Waals surface area contributed by atoms with Gasteiger partial charge >= 0.3 is 6.09 Å². The van der Waals surface area contributed by atoms with E-state index in [0.717, 1.165) is 19.0 Å². The molecule has 1 amide bonds. The molecule has 1 saturated carbocycles. The molecule has 1 N–H and O–H groups in total. The average Bonchev–Trinajstić information content (AvgIpc) is 2.37. The Bertz CT molecular complexity index is 281. The van der Waals surface area contributed by atoms with E-state index < -0.39 is 5.60 Å². The maximum Gasteiger partial charge on any atom is 0.410 e. The first-order valence-corrected chi connectivity index (χ1v) is 8.03. The molecule has 0 heterocycles. The molecule has 0 aromatic carbocycles. The quantitative estimate of drug-likeness (QED) is 0.760. The Morgan fingerprint density at radius 2 is 1.85 bits per heavy atom. The molecule has 0 saturated heterocycles. The molecular weight excluding hydrogens is 252 g/mol. The third-order valence-corrected chi connectivity index (χ3v) is 3.78. The van der Waals surface area contributed by atoms with Crippen LogP contribution in [0.1, 0.15) is 59.3 Å². The van der Waals surface area contributed by atoms with E-state index in [2.05, 4.69) is 5.32 Å². The molecule has 0 bridgehead atoms. The van der Waals surface area contributed by atoms with E-state index in [1.807, 2.05) is 20.8 Å². The fourth-order valence-corrected chi connectivity index (χ4v) is 2.58. The Morgan fingerprint density at radius 3 is 2.45 bits per heavy atom. The van der Waals surface area contributed by atoms with Gasteiger partial charge in [-0.25, -0.2) is 4.79 Å². The molecule has 0 aliphatic heterocycles. The average molecular weight is 284 g/mol. The molecule has 1 aliphatic rings. The SMILES string of the molecule is CN(CCNCCC1CCCCC1)C(=O)OC(C)(C)C. The Kier molecular flexibility index (Phi) is 7.35. The summed E-state index contributed by atoms with van der Waals surface area (Å²) < 4.78 is 5.31. The monoisotopic (exact) mass is 284 g/mol. The summed E-state index contributed by atoms with van der Waals surface area (Å²) >= 11 is 0. The van der Waals surface area contributed by atoms with Gasteiger partial charge in [0.25, 0.3) is 0 Å². The van der Waals surface area contributed by atoms with Crippen LogP contribution < -0.4 is 5.32 Å². The smallest absolute Gasteiger partial charge is 0.410 e. The first-order valence-electron chi connectivity index (χ1n) is 8.03. The van der Waals surface area contributed by atoms with Gasteiger partial charge in [-0.15, -0.1) is 0 Å². The lowest BCUT2D eigenvalue weighted by atomic mass is 9.87. The maximum atomic E-state index is 11.7. The number of rotatable bonds is 6. The minimum absolute atomic E-state index is 0.244. The molecule has 4 heteroatoms. The Hall–Kier alpha value is -0.770. The van der Waals surface area contributed by atoms with Gasteiger partial charge in [0.1, 0.15) is 5.60 Å². The van der Waals surface area contributed by atoms with E-state index in [-0.39, 0.29) is 6.09 Å². The number of likely N-dealkylation sites (N-methyl/N-ethyl adjacent to an activating group) is 1. The molecule has 1 aliphatic carbocycles. The third kappa shape index (κ3) is 7.73. The predicted octanol–water partition coefficient (Wildman–Crippen LogP) is 3.41. The van der Waals surface area contributed by atoms with Crippen molar-refractivity contribution < 1.29 is 9.53 Å². The molecule has 0 unspecified atom stereocenters. The van der Waals surface area contributed by atoms with Crippen LogP contribution in [-0.4, -0.2) is 43.3 Å². The largest absolute Gasteiger partial charge is 0.444 e. The van der Waals surface area contributed by atoms with Crippen molar-refractivity contribution in [1.29, 1.82) is 0 Å². The summed E-state index contributed by atoms with van der Waals surface area (Å²) in [7, 11) is 1.79. The third-order valence-electron chi connectivity index (χ3n) is 3.78. The molecule has 4 nitrogen and oxygen atoms in total. The van der Waals surface area contributed by atoms with Crippen molar-refractivity contribution in [1.82, 2.24) is 10.2 Å². The first-order chi connectivity index (χ1) is 9.38. The molecule has 0 atom stereocenters. The van der Waals surface area contributed by atoms with Gasteiger partial charge in [0.2, 0.25) is 0 Å². The minimum Gasteiger partial charge on any atom is -0.444 e. The van der Waals surface area contributed by atoms with Gasteiger partial charge in [0.05, 0.1) is 0 Å². The van der Waals surface area contributed by atoms with Crippen LogP contribution in [0, 0.1) is 5.92 Å². The van der Waals surface area contributed by atoms with Gasteiger partial charge in [0, 0.05) is 20.1 Å². The lowest BCUT2D eigenvalue weighted by Crippen LogP contribution is -2.38. The van der Waals surface area contributed by atoms with Gasteiger partial charge < -0.3 is 15.0 Å². The fourth-order valence-electron chi connectivity index (χ4n) is 2.58. The molecule has 1 rings (SSSR count). The van der Waals surface area contributed by atoms with Crippen LogP contribution >= 0.6 is 0 Å². The highest BCUT2D eigenvalue weighted by Gasteiger charge is 2.19. The van der Waals surface area contributed by atoms with Crippen molar-refractivity contribution in [3.8, 4) is 0 Å². The van der Waals surface area contributed by atoms with Crippen LogP contribution in [0.5, 0.6) is 0 Å². The first kappa shape index (κ1) is 17.3. The van der Waals surface area contributed by atoms with Crippen LogP contribution in [0.3, 0.4) is 0 Å². The number of nitrogens with zero attached hydrogens (tertiary/aromatic N) is 1. The molecule has 0 aromatic heterocycles. The summed E-state index contributed by atoms with van der Waals surface area (Å²) in [6.45, 7) is 8.26. The Balaban J connectivity index is 2.03. The Morgan fingerprint density at radius 1 is 1.20 bits per heavy atom. The summed E-state index contributed by atoms with van der Waals surface area (Å²) in [6, 6.07) is 0. The van der Waals surface area contributed by atoms with E-state index in [4.69, 9.17) is 4.74 Å². The highest BCUT2D eigenvalue weighted by Crippen LogP contribution is 2.25. The minimum atomic E-state index is -0.417. The van der Waals surface area contributed by atoms with Crippen molar-refractivity contribution in [3.05, 3.63) is 0 Å². The van der Waals surface area contributed by atoms with Gasteiger partial charge in [-0.1, -0.05) is 32.1 Å². The van der Waals surface area contributed by atoms with Crippen molar-refractivity contribution in [3.63, 3.8) is 0 Å². The lowest BCUT2D eigenvalue weighted by molar-refractivity contribution is 0.0300. The van der Waals surface area contributed by atoms with E-state index >= 15 is 0 Å². The molecule has 118 valence electrons. The predicted molar refractivity (Wildman–Crippen MR) is 82.9 cm³/mol. The van der Waals surface area contributed by atoms with E-state index in [1.165, 1.54) is 38.5 Å². The van der Waals surface area contributed by atoms with Crippen molar-refractivity contribution in [2.45, 2.75) is 64.9 Å². The number of hydrogen-bond acceptors (Lipinski definition) is 3. The van der Waals surface area contributed by atoms with Gasteiger partial charge in [-0.3, -0.25) is 0 Å². The normalized spacial score (nSPS) is 17.0. The summed E-state index contributed by atoms with van der Waals surface area (Å²) in [6.07, 6.45) is 8.07. The second-order valence-corrected chi connectivity index (χ2v) is 6.94. The van der Waals surface area contributed by atoms with Crippen molar-refractivity contribution in [2.75, 3.05) is 26.7 Å². The van der Waals surface area contributed by atoms with Gasteiger partial charge in [0.15, 0.2) is 0 Å². The summed E-state index contributed by atoms with van der Waals surface area (Å²) in [5.74, 6) is 0.917. The van der Waals surface area contributed by atoms with E-state index in [1.54, 1.807) is 11.9 Å². The van der Waals surface area contributed by atoms with Crippen LogP contribution in [-0.2, 0) is 4.74 Å². The number of amides is 1. The number of carbonyl (C=O) groups is 1. The lowest BCUT2D eigenvalue weighted by Gasteiger charge is -2.25. The van der Waals surface area contributed by atoms with E-state index in [9.17, 15) is 4.79 Å². The Labute approximate surface area is 124 Å². The number of nitrogens with one attached hydrogen (secondary N) is 1. The van der Waals surface area contributed by atoms with E-state index in [0.29, 0.717) is 6.54 Å². The molecule has 20 heavy (non-hydrogen) atoms. The van der Waals surface area contributed by atoms with Crippen molar-refractivity contribution in [2.24, 2.45) is 5.92 Å². The van der Waals surface area contributed by atoms with Crippen LogP contribution in [0.2, 0.25) is 0 Å². The molecule has 0 spiro atoms. The van der Waals surface area contributed by atoms with Crippen LogP contribution in [0.25, 0.3) is 0 Å². The van der Waals surface area contributed by atoms with Gasteiger partial charge in [-0.2, -0.15) is 0 Å². The van der Waals surface area contributed by atoms with Crippen molar-refractivity contribution >= 4 is 6.09 Å². The van der Waals surface area contributed by atoms with Gasteiger partial charge in [-0.05, 0) is 39.7 Å². The zero-order chi connectivity index (χ0) is 15.0. The highest BCUT2D eigenvalue weighted by atomic mass is 16.6. The van der Waals surface area contributed by atoms with Crippen LogP contribution in [0.4, 0.5) is 4.79 Å². The molecular formula is C16H32N2O2. The topological polar surface area (TPSA) is 41.6 Å². The number of hydrogen-bond donors (Lipinski definition) is 1. The standard InChI is InChI=1S/C16H32N2O2/c1-16(2,3)20-15(19)18(4)13-12-17-11-10-14-8-6-5-7-9-14/h14,17H,5-13H2,1-4H3. The summed E-state index contributed by atoms with van der Waals surface area (Å²) in [4.78, 5) is 13.4. The van der Waals surface area contributed by atoms with Crippen LogP contribution in [0.15, 0.2) is 0 Å². The molecule has 1 fully saturated rings. The number of ether oxygens (including phenoxy) is 1. The zero-order valence-corrected chi connectivity index (χ0v) is 13.7. The summed E-state index contributed by atoms with van der Waals surface area (Å²) in [5.41, 5.74) is -0.417. The zero-order valence-electron chi connectivity index (χ0n) is 13.7. The second-order valence-electron chi connectivity index (χ2n) is 6.94. The maximum absolute atomic E-state index is 11.7. The molecule has 0 aromatic rings. The molecule has 0 radical (unpaired) electrons. The summed E-state index contributed by atoms with van der Waals surface area (Å²) in [5, 5.41) is 3.43. The second kappa shape index (κ2) is 8.50.